The molecular formula is C30H31N5O. The molecule has 0 radical (unpaired) electrons. The van der Waals surface area contributed by atoms with Crippen LogP contribution in [0, 0.1) is 0 Å². The molecule has 2 N–H and O–H groups in total. The van der Waals surface area contributed by atoms with E-state index in [9.17, 15) is 0 Å². The first-order valence-electron chi connectivity index (χ1n) is 12.7. The van der Waals surface area contributed by atoms with Crippen LogP contribution < -0.4 is 5.32 Å². The van der Waals surface area contributed by atoms with Gasteiger partial charge in [0.2, 0.25) is 0 Å². The van der Waals surface area contributed by atoms with Crippen LogP contribution in [0.1, 0.15) is 52.7 Å². The molecule has 2 aromatic carbocycles. The summed E-state index contributed by atoms with van der Waals surface area (Å²) in [5.74, 6) is 0.999. The summed E-state index contributed by atoms with van der Waals surface area (Å²) in [6.45, 7) is 3.23. The van der Waals surface area contributed by atoms with Crippen molar-refractivity contribution >= 4 is 11.0 Å². The van der Waals surface area contributed by atoms with Gasteiger partial charge in [-0.1, -0.05) is 42.5 Å². The van der Waals surface area contributed by atoms with E-state index in [-0.39, 0.29) is 6.04 Å². The number of rotatable bonds is 9. The van der Waals surface area contributed by atoms with Crippen molar-refractivity contribution in [2.45, 2.75) is 51.5 Å². The third-order valence-corrected chi connectivity index (χ3v) is 7.04. The van der Waals surface area contributed by atoms with E-state index in [1.165, 1.54) is 28.8 Å². The average Bonchev–Trinajstić information content (AvgIpc) is 3.58. The Hall–Kier alpha value is -3.74. The van der Waals surface area contributed by atoms with Gasteiger partial charge in [-0.05, 0) is 60.2 Å². The molecule has 1 aliphatic carbocycles. The molecular weight excluding hydrogens is 446 g/mol. The standard InChI is InChI=1S/C30H31N5O/c1-2-8-27-26(7-1)33-29(34-27)20-35(28-9-3-5-25-6-4-15-32-30(25)28)19-23-12-10-22(11-13-23)17-31-18-24-14-16-36-21-24/h1-2,4,6-8,10-16,21,28,31H,3,5,9,17-20H2,(H,33,34). The zero-order chi connectivity index (χ0) is 24.2. The van der Waals surface area contributed by atoms with Gasteiger partial charge < -0.3 is 14.7 Å². The second-order valence-electron chi connectivity index (χ2n) is 9.61. The van der Waals surface area contributed by atoms with Crippen LogP contribution in [-0.4, -0.2) is 19.9 Å². The van der Waals surface area contributed by atoms with Gasteiger partial charge in [0, 0.05) is 31.4 Å². The third-order valence-electron chi connectivity index (χ3n) is 7.04. The van der Waals surface area contributed by atoms with Crippen molar-refractivity contribution in [3.8, 4) is 0 Å². The number of furan rings is 1. The smallest absolute Gasteiger partial charge is 0.121 e. The minimum atomic E-state index is 0.277. The molecule has 5 aromatic rings. The van der Waals surface area contributed by atoms with Crippen LogP contribution in [0.4, 0.5) is 0 Å². The SMILES string of the molecule is c1cnc2c(c1)CCCC2N(Cc1ccc(CNCc2ccoc2)cc1)Cc1nc2ccccc2[nH]1. The van der Waals surface area contributed by atoms with Gasteiger partial charge in [-0.25, -0.2) is 4.98 Å². The van der Waals surface area contributed by atoms with E-state index in [0.717, 1.165) is 61.4 Å². The lowest BCUT2D eigenvalue weighted by Gasteiger charge is -2.34. The Bertz CT molecular complexity index is 1370. The Morgan fingerprint density at radius 1 is 0.917 bits per heavy atom. The molecule has 0 aliphatic heterocycles. The zero-order valence-corrected chi connectivity index (χ0v) is 20.4. The van der Waals surface area contributed by atoms with Crippen molar-refractivity contribution in [2.24, 2.45) is 0 Å². The highest BCUT2D eigenvalue weighted by Gasteiger charge is 2.28. The van der Waals surface area contributed by atoms with E-state index < -0.39 is 0 Å². The second-order valence-corrected chi connectivity index (χ2v) is 9.61. The molecule has 0 bridgehead atoms. The Morgan fingerprint density at radius 2 is 1.78 bits per heavy atom. The van der Waals surface area contributed by atoms with Crippen molar-refractivity contribution < 1.29 is 4.42 Å². The minimum Gasteiger partial charge on any atom is -0.472 e. The molecule has 182 valence electrons. The first-order valence-corrected chi connectivity index (χ1v) is 12.7. The van der Waals surface area contributed by atoms with Crippen LogP contribution in [0.5, 0.6) is 0 Å². The molecule has 0 saturated carbocycles. The van der Waals surface area contributed by atoms with E-state index in [4.69, 9.17) is 14.4 Å². The van der Waals surface area contributed by atoms with Crippen molar-refractivity contribution in [1.29, 1.82) is 0 Å². The van der Waals surface area contributed by atoms with Gasteiger partial charge in [0.05, 0.1) is 41.8 Å². The van der Waals surface area contributed by atoms with Gasteiger partial charge >= 0.3 is 0 Å². The quantitative estimate of drug-likeness (QED) is 0.276. The molecule has 0 spiro atoms. The number of fused-ring (bicyclic) bond motifs is 2. The number of benzene rings is 2. The fourth-order valence-electron chi connectivity index (χ4n) is 5.23. The monoisotopic (exact) mass is 477 g/mol. The molecule has 0 amide bonds. The molecule has 3 aromatic heterocycles. The number of hydrogen-bond donors (Lipinski definition) is 2. The molecule has 6 heteroatoms. The summed E-state index contributed by atoms with van der Waals surface area (Å²) in [7, 11) is 0. The zero-order valence-electron chi connectivity index (χ0n) is 20.4. The maximum absolute atomic E-state index is 5.15. The molecule has 0 saturated heterocycles. The summed E-state index contributed by atoms with van der Waals surface area (Å²) in [4.78, 5) is 15.8. The van der Waals surface area contributed by atoms with Crippen molar-refractivity contribution in [3.05, 3.63) is 119 Å². The number of aromatic amines is 1. The van der Waals surface area contributed by atoms with Crippen LogP contribution in [0.25, 0.3) is 11.0 Å². The molecule has 1 unspecified atom stereocenters. The van der Waals surface area contributed by atoms with Gasteiger partial charge in [-0.3, -0.25) is 9.88 Å². The molecule has 0 fully saturated rings. The van der Waals surface area contributed by atoms with Crippen LogP contribution >= 0.6 is 0 Å². The number of aromatic nitrogens is 3. The van der Waals surface area contributed by atoms with E-state index in [1.807, 2.05) is 18.3 Å². The normalized spacial score (nSPS) is 15.4. The van der Waals surface area contributed by atoms with E-state index in [1.54, 1.807) is 12.5 Å². The van der Waals surface area contributed by atoms with Crippen molar-refractivity contribution in [2.75, 3.05) is 0 Å². The molecule has 36 heavy (non-hydrogen) atoms. The lowest BCUT2D eigenvalue weighted by molar-refractivity contribution is 0.153. The van der Waals surface area contributed by atoms with Gasteiger partial charge in [0.1, 0.15) is 5.82 Å². The van der Waals surface area contributed by atoms with E-state index in [0.29, 0.717) is 0 Å². The predicted molar refractivity (Wildman–Crippen MR) is 141 cm³/mol. The minimum absolute atomic E-state index is 0.277. The maximum Gasteiger partial charge on any atom is 0.121 e. The molecule has 1 aliphatic rings. The van der Waals surface area contributed by atoms with Crippen molar-refractivity contribution in [1.82, 2.24) is 25.2 Å². The fourth-order valence-corrected chi connectivity index (χ4v) is 5.23. The summed E-state index contributed by atoms with van der Waals surface area (Å²) < 4.78 is 5.15. The number of nitrogens with zero attached hydrogens (tertiary/aromatic N) is 3. The highest BCUT2D eigenvalue weighted by Crippen LogP contribution is 2.34. The topological polar surface area (TPSA) is 70.0 Å². The largest absolute Gasteiger partial charge is 0.472 e. The number of para-hydroxylation sites is 2. The predicted octanol–water partition coefficient (Wildman–Crippen LogP) is 5.92. The number of pyridine rings is 1. The van der Waals surface area contributed by atoms with Gasteiger partial charge in [-0.15, -0.1) is 0 Å². The average molecular weight is 478 g/mol. The van der Waals surface area contributed by atoms with Crippen LogP contribution in [-0.2, 0) is 32.6 Å². The molecule has 3 heterocycles. The summed E-state index contributed by atoms with van der Waals surface area (Å²) in [5, 5.41) is 3.48. The number of hydrogen-bond acceptors (Lipinski definition) is 5. The Labute approximate surface area is 211 Å². The number of H-pyrrole nitrogens is 1. The van der Waals surface area contributed by atoms with E-state index >= 15 is 0 Å². The highest BCUT2D eigenvalue weighted by molar-refractivity contribution is 5.74. The lowest BCUT2D eigenvalue weighted by Crippen LogP contribution is -2.31. The fraction of sp³-hybridized carbons (Fsp3) is 0.267. The van der Waals surface area contributed by atoms with E-state index in [2.05, 4.69) is 69.8 Å². The van der Waals surface area contributed by atoms with Gasteiger partial charge in [-0.2, -0.15) is 0 Å². The summed E-state index contributed by atoms with van der Waals surface area (Å²) >= 11 is 0. The highest BCUT2D eigenvalue weighted by atomic mass is 16.3. The molecule has 6 nitrogen and oxygen atoms in total. The van der Waals surface area contributed by atoms with Gasteiger partial charge in [0.25, 0.3) is 0 Å². The lowest BCUT2D eigenvalue weighted by atomic mass is 9.90. The molecule has 6 rings (SSSR count). The van der Waals surface area contributed by atoms with Crippen LogP contribution in [0.15, 0.2) is 89.9 Å². The van der Waals surface area contributed by atoms with Crippen LogP contribution in [0.3, 0.4) is 0 Å². The summed E-state index contributed by atoms with van der Waals surface area (Å²) in [5.41, 5.74) is 8.43. The number of nitrogens with one attached hydrogen (secondary N) is 2. The van der Waals surface area contributed by atoms with Gasteiger partial charge in [0.15, 0.2) is 0 Å². The molecule has 1 atom stereocenters. The van der Waals surface area contributed by atoms with Crippen molar-refractivity contribution in [3.63, 3.8) is 0 Å². The second kappa shape index (κ2) is 10.5. The van der Waals surface area contributed by atoms with Crippen LogP contribution in [0.2, 0.25) is 0 Å². The third kappa shape index (κ3) is 5.10. The number of imidazole rings is 1. The maximum atomic E-state index is 5.15. The summed E-state index contributed by atoms with van der Waals surface area (Å²) in [6.07, 6.45) is 8.83. The Kier molecular flexibility index (Phi) is 6.61. The number of aryl methyl sites for hydroxylation is 1. The summed E-state index contributed by atoms with van der Waals surface area (Å²) in [6, 6.07) is 23.8. The Morgan fingerprint density at radius 3 is 2.64 bits per heavy atom. The first-order chi connectivity index (χ1) is 17.8. The Balaban J connectivity index is 1.21. The first kappa shape index (κ1) is 22.7.